The maximum absolute atomic E-state index is 10.5. The van der Waals surface area contributed by atoms with E-state index in [1.165, 1.54) is 6.92 Å². The van der Waals surface area contributed by atoms with E-state index in [4.69, 9.17) is 16.3 Å². The molecule has 0 aliphatic rings. The van der Waals surface area contributed by atoms with Crippen molar-refractivity contribution < 1.29 is 19.4 Å². The molecule has 0 aromatic heterocycles. The fourth-order valence-electron chi connectivity index (χ4n) is 1.01. The Morgan fingerprint density at radius 1 is 1.50 bits per heavy atom. The first-order chi connectivity index (χ1) is 7.58. The predicted molar refractivity (Wildman–Crippen MR) is 59.6 cm³/mol. The number of carbonyl (C=O) groups excluding carboxylic acids is 1. The normalized spacial score (nSPS) is 11.9. The van der Waals surface area contributed by atoms with Crippen LogP contribution in [0.3, 0.4) is 0 Å². The first kappa shape index (κ1) is 12.8. The molecular weight excluding hydrogens is 232 g/mol. The number of aliphatic hydroxyl groups excluding tert-OH is 1. The van der Waals surface area contributed by atoms with Crippen LogP contribution in [-0.4, -0.2) is 30.4 Å². The number of esters is 1. The summed E-state index contributed by atoms with van der Waals surface area (Å²) in [6, 6.07) is 6.84. The Labute approximate surface area is 98.7 Å². The SMILES string of the molecule is CC(=O)OCC(O)COc1cccc(Cl)c1. The van der Waals surface area contributed by atoms with Gasteiger partial charge in [-0.05, 0) is 18.2 Å². The first-order valence-electron chi connectivity index (χ1n) is 4.77. The van der Waals surface area contributed by atoms with Crippen LogP contribution in [-0.2, 0) is 9.53 Å². The summed E-state index contributed by atoms with van der Waals surface area (Å²) in [5.74, 6) is 0.135. The molecule has 0 fully saturated rings. The predicted octanol–water partition coefficient (Wildman–Crippen LogP) is 1.64. The van der Waals surface area contributed by atoms with Gasteiger partial charge in [0.15, 0.2) is 0 Å². The van der Waals surface area contributed by atoms with Gasteiger partial charge < -0.3 is 14.6 Å². The maximum atomic E-state index is 10.5. The molecule has 0 saturated carbocycles. The molecule has 88 valence electrons. The summed E-state index contributed by atoms with van der Waals surface area (Å²) in [6.07, 6.45) is -0.845. The zero-order valence-corrected chi connectivity index (χ0v) is 9.61. The highest BCUT2D eigenvalue weighted by molar-refractivity contribution is 6.30. The van der Waals surface area contributed by atoms with Gasteiger partial charge in [0.1, 0.15) is 25.1 Å². The van der Waals surface area contributed by atoms with E-state index in [2.05, 4.69) is 4.74 Å². The molecule has 0 heterocycles. The third kappa shape index (κ3) is 5.00. The van der Waals surface area contributed by atoms with Gasteiger partial charge in [-0.15, -0.1) is 0 Å². The molecule has 0 radical (unpaired) electrons. The van der Waals surface area contributed by atoms with Gasteiger partial charge in [-0.1, -0.05) is 17.7 Å². The molecule has 5 heteroatoms. The van der Waals surface area contributed by atoms with Gasteiger partial charge in [0.2, 0.25) is 0 Å². The van der Waals surface area contributed by atoms with Crippen LogP contribution >= 0.6 is 11.6 Å². The number of hydrogen-bond acceptors (Lipinski definition) is 4. The zero-order valence-electron chi connectivity index (χ0n) is 8.85. The van der Waals surface area contributed by atoms with Crippen molar-refractivity contribution in [3.63, 3.8) is 0 Å². The van der Waals surface area contributed by atoms with Crippen molar-refractivity contribution in [1.29, 1.82) is 0 Å². The lowest BCUT2D eigenvalue weighted by Crippen LogP contribution is -2.24. The number of aliphatic hydroxyl groups is 1. The summed E-state index contributed by atoms with van der Waals surface area (Å²) in [5, 5.41) is 9.96. The van der Waals surface area contributed by atoms with Crippen LogP contribution in [0.2, 0.25) is 5.02 Å². The summed E-state index contributed by atoms with van der Waals surface area (Å²) in [6.45, 7) is 1.26. The standard InChI is InChI=1S/C11H13ClO4/c1-8(13)15-6-10(14)7-16-11-4-2-3-9(12)5-11/h2-5,10,14H,6-7H2,1H3. The second-order valence-electron chi connectivity index (χ2n) is 3.22. The monoisotopic (exact) mass is 244 g/mol. The highest BCUT2D eigenvalue weighted by Crippen LogP contribution is 2.17. The summed E-state index contributed by atoms with van der Waals surface area (Å²) in [4.78, 5) is 10.5. The summed E-state index contributed by atoms with van der Waals surface area (Å²) in [5.41, 5.74) is 0. The van der Waals surface area contributed by atoms with Crippen molar-refractivity contribution in [2.75, 3.05) is 13.2 Å². The number of halogens is 1. The minimum atomic E-state index is -0.845. The second-order valence-corrected chi connectivity index (χ2v) is 3.66. The van der Waals surface area contributed by atoms with E-state index in [1.807, 2.05) is 0 Å². The average Bonchev–Trinajstić information content (AvgIpc) is 2.23. The van der Waals surface area contributed by atoms with Gasteiger partial charge in [-0.25, -0.2) is 0 Å². The molecule has 1 aromatic rings. The van der Waals surface area contributed by atoms with Crippen LogP contribution in [0.4, 0.5) is 0 Å². The quantitative estimate of drug-likeness (QED) is 0.800. The van der Waals surface area contributed by atoms with E-state index in [1.54, 1.807) is 24.3 Å². The number of hydrogen-bond donors (Lipinski definition) is 1. The summed E-state index contributed by atoms with van der Waals surface area (Å²) < 4.78 is 9.88. The van der Waals surface area contributed by atoms with Gasteiger partial charge in [0, 0.05) is 11.9 Å². The Bertz CT molecular complexity index is 354. The van der Waals surface area contributed by atoms with Crippen molar-refractivity contribution in [2.24, 2.45) is 0 Å². The molecule has 4 nitrogen and oxygen atoms in total. The van der Waals surface area contributed by atoms with Gasteiger partial charge in [-0.3, -0.25) is 4.79 Å². The highest BCUT2D eigenvalue weighted by atomic mass is 35.5. The average molecular weight is 245 g/mol. The Hall–Kier alpha value is -1.26. The highest BCUT2D eigenvalue weighted by Gasteiger charge is 2.07. The fourth-order valence-corrected chi connectivity index (χ4v) is 1.19. The lowest BCUT2D eigenvalue weighted by atomic mass is 10.3. The number of rotatable bonds is 5. The Kier molecular flexibility index (Phi) is 5.08. The molecule has 0 bridgehead atoms. The molecule has 1 atom stereocenters. The minimum Gasteiger partial charge on any atom is -0.491 e. The molecular formula is C11H13ClO4. The van der Waals surface area contributed by atoms with Gasteiger partial charge in [-0.2, -0.15) is 0 Å². The van der Waals surface area contributed by atoms with Crippen LogP contribution in [0.5, 0.6) is 5.75 Å². The Morgan fingerprint density at radius 3 is 2.88 bits per heavy atom. The maximum Gasteiger partial charge on any atom is 0.302 e. The third-order valence-corrected chi connectivity index (χ3v) is 1.95. The minimum absolute atomic E-state index is 0.0492. The van der Waals surface area contributed by atoms with Crippen molar-refractivity contribution in [3.05, 3.63) is 29.3 Å². The fraction of sp³-hybridized carbons (Fsp3) is 0.364. The van der Waals surface area contributed by atoms with E-state index in [9.17, 15) is 9.90 Å². The lowest BCUT2D eigenvalue weighted by molar-refractivity contribution is -0.144. The number of carbonyl (C=O) groups is 1. The van der Waals surface area contributed by atoms with Crippen molar-refractivity contribution in [3.8, 4) is 5.75 Å². The van der Waals surface area contributed by atoms with Crippen LogP contribution in [0.25, 0.3) is 0 Å². The van der Waals surface area contributed by atoms with E-state index in [0.717, 1.165) is 0 Å². The van der Waals surface area contributed by atoms with E-state index < -0.39 is 12.1 Å². The molecule has 0 saturated heterocycles. The van der Waals surface area contributed by atoms with Crippen LogP contribution in [0.1, 0.15) is 6.92 Å². The molecule has 0 aliphatic carbocycles. The van der Waals surface area contributed by atoms with Crippen molar-refractivity contribution >= 4 is 17.6 Å². The van der Waals surface area contributed by atoms with Gasteiger partial charge in [0.25, 0.3) is 0 Å². The molecule has 0 aliphatic heterocycles. The molecule has 1 unspecified atom stereocenters. The van der Waals surface area contributed by atoms with E-state index >= 15 is 0 Å². The largest absolute Gasteiger partial charge is 0.491 e. The zero-order chi connectivity index (χ0) is 12.0. The summed E-state index contributed by atoms with van der Waals surface area (Å²) in [7, 11) is 0. The van der Waals surface area contributed by atoms with Gasteiger partial charge >= 0.3 is 5.97 Å². The first-order valence-corrected chi connectivity index (χ1v) is 5.15. The van der Waals surface area contributed by atoms with Gasteiger partial charge in [0.05, 0.1) is 0 Å². The Balaban J connectivity index is 2.31. The molecule has 1 N–H and O–H groups in total. The molecule has 1 aromatic carbocycles. The topological polar surface area (TPSA) is 55.8 Å². The van der Waals surface area contributed by atoms with E-state index in [0.29, 0.717) is 10.8 Å². The van der Waals surface area contributed by atoms with Crippen LogP contribution < -0.4 is 4.74 Å². The molecule has 0 spiro atoms. The lowest BCUT2D eigenvalue weighted by Gasteiger charge is -2.12. The number of ether oxygens (including phenoxy) is 2. The second kappa shape index (κ2) is 6.35. The van der Waals surface area contributed by atoms with Crippen LogP contribution in [0.15, 0.2) is 24.3 Å². The van der Waals surface area contributed by atoms with Crippen molar-refractivity contribution in [2.45, 2.75) is 13.0 Å². The third-order valence-electron chi connectivity index (χ3n) is 1.72. The summed E-state index contributed by atoms with van der Waals surface area (Å²) >= 11 is 5.75. The smallest absolute Gasteiger partial charge is 0.302 e. The van der Waals surface area contributed by atoms with Crippen molar-refractivity contribution in [1.82, 2.24) is 0 Å². The van der Waals surface area contributed by atoms with E-state index in [-0.39, 0.29) is 13.2 Å². The Morgan fingerprint density at radius 2 is 2.25 bits per heavy atom. The molecule has 16 heavy (non-hydrogen) atoms. The molecule has 0 amide bonds. The molecule has 1 rings (SSSR count). The number of benzene rings is 1. The van der Waals surface area contributed by atoms with Crippen LogP contribution in [0, 0.1) is 0 Å².